The van der Waals surface area contributed by atoms with Gasteiger partial charge in [0.2, 0.25) is 17.0 Å². The van der Waals surface area contributed by atoms with Crippen molar-refractivity contribution in [2.24, 2.45) is 5.73 Å². The van der Waals surface area contributed by atoms with Crippen molar-refractivity contribution in [3.05, 3.63) is 70.7 Å². The highest BCUT2D eigenvalue weighted by atomic mass is 32.2. The molecule has 0 aliphatic carbocycles. The smallest absolute Gasteiger partial charge is 0.248 e. The Morgan fingerprint density at radius 1 is 1.22 bits per heavy atom. The number of primary amides is 1. The van der Waals surface area contributed by atoms with Crippen LogP contribution in [0.3, 0.4) is 0 Å². The number of rotatable bonds is 7. The van der Waals surface area contributed by atoms with E-state index in [2.05, 4.69) is 15.4 Å². The Hall–Kier alpha value is -3.53. The second-order valence-corrected chi connectivity index (χ2v) is 8.03. The molecule has 0 bridgehead atoms. The molecule has 0 fully saturated rings. The normalized spacial score (nSPS) is 15.2. The molecule has 0 saturated carbocycles. The molecule has 0 unspecified atom stereocenters. The van der Waals surface area contributed by atoms with Crippen LogP contribution in [0.2, 0.25) is 0 Å². The fraction of sp³-hybridized carbons (Fsp3) is 0.227. The maximum atomic E-state index is 14.0. The number of methoxy groups -OCH3 is 2. The Balaban J connectivity index is 1.73. The number of benzene rings is 2. The zero-order valence-corrected chi connectivity index (χ0v) is 18.6. The highest BCUT2D eigenvalue weighted by Gasteiger charge is 2.34. The van der Waals surface area contributed by atoms with Crippen LogP contribution < -0.4 is 20.5 Å². The van der Waals surface area contributed by atoms with Crippen molar-refractivity contribution in [3.8, 4) is 11.5 Å². The summed E-state index contributed by atoms with van der Waals surface area (Å²) in [6, 6.07) is 11.3. The van der Waals surface area contributed by atoms with Gasteiger partial charge in [-0.2, -0.15) is 4.98 Å². The van der Waals surface area contributed by atoms with Crippen molar-refractivity contribution in [1.29, 1.82) is 0 Å². The molecule has 3 aromatic rings. The summed E-state index contributed by atoms with van der Waals surface area (Å²) in [4.78, 5) is 16.9. The van der Waals surface area contributed by atoms with Crippen LogP contribution in [0.4, 0.5) is 10.3 Å². The van der Waals surface area contributed by atoms with Crippen LogP contribution in [0.5, 0.6) is 11.5 Å². The first-order chi connectivity index (χ1) is 15.4. The van der Waals surface area contributed by atoms with E-state index in [0.717, 1.165) is 5.56 Å². The molecule has 8 nitrogen and oxygen atoms in total. The number of hydrogen-bond acceptors (Lipinski definition) is 7. The summed E-state index contributed by atoms with van der Waals surface area (Å²) in [5.41, 5.74) is 7.96. The predicted molar refractivity (Wildman–Crippen MR) is 119 cm³/mol. The van der Waals surface area contributed by atoms with E-state index >= 15 is 0 Å². The largest absolute Gasteiger partial charge is 0.493 e. The fourth-order valence-corrected chi connectivity index (χ4v) is 4.42. The average molecular weight is 456 g/mol. The number of hydrogen-bond donors (Lipinski definition) is 2. The lowest BCUT2D eigenvalue weighted by molar-refractivity contribution is -0.115. The third kappa shape index (κ3) is 4.01. The topological polar surface area (TPSA) is 104 Å². The van der Waals surface area contributed by atoms with Gasteiger partial charge in [0.1, 0.15) is 11.9 Å². The Bertz CT molecular complexity index is 1210. The van der Waals surface area contributed by atoms with E-state index in [1.165, 1.54) is 17.8 Å². The van der Waals surface area contributed by atoms with Gasteiger partial charge in [-0.15, -0.1) is 5.10 Å². The van der Waals surface area contributed by atoms with Gasteiger partial charge in [0.15, 0.2) is 11.5 Å². The molecule has 4 rings (SSSR count). The van der Waals surface area contributed by atoms with Crippen molar-refractivity contribution in [2.75, 3.05) is 19.5 Å². The van der Waals surface area contributed by atoms with E-state index in [-0.39, 0.29) is 5.82 Å². The Morgan fingerprint density at radius 2 is 1.97 bits per heavy atom. The van der Waals surface area contributed by atoms with Crippen LogP contribution in [0, 0.1) is 5.82 Å². The van der Waals surface area contributed by atoms with Gasteiger partial charge in [-0.1, -0.05) is 36.0 Å². The molecule has 0 saturated heterocycles. The molecular weight excluding hydrogens is 433 g/mol. The van der Waals surface area contributed by atoms with Crippen LogP contribution in [-0.2, 0) is 10.5 Å². The standard InChI is InChI=1S/C22H22FN5O3S/c1-12-18(20(24)29)19(13-8-9-16(30-2)17(10-13)31-3)28-21(25-12)26-22(27-28)32-11-14-6-4-5-7-15(14)23/h4-10,19H,11H2,1-3H3,(H2,24,29)(H,25,26,27)/t19-/m1/s1. The van der Waals surface area contributed by atoms with Crippen molar-refractivity contribution in [1.82, 2.24) is 14.8 Å². The number of ether oxygens (including phenoxy) is 2. The minimum Gasteiger partial charge on any atom is -0.493 e. The number of nitrogens with zero attached hydrogens (tertiary/aromatic N) is 3. The third-order valence-corrected chi connectivity index (χ3v) is 6.02. The summed E-state index contributed by atoms with van der Waals surface area (Å²) in [6.07, 6.45) is 0. The molecule has 10 heteroatoms. The van der Waals surface area contributed by atoms with E-state index in [9.17, 15) is 9.18 Å². The van der Waals surface area contributed by atoms with Crippen LogP contribution in [-0.4, -0.2) is 34.9 Å². The minimum absolute atomic E-state index is 0.279. The summed E-state index contributed by atoms with van der Waals surface area (Å²) >= 11 is 1.30. The maximum absolute atomic E-state index is 14.0. The molecule has 2 aromatic carbocycles. The molecule has 3 N–H and O–H groups in total. The monoisotopic (exact) mass is 455 g/mol. The highest BCUT2D eigenvalue weighted by molar-refractivity contribution is 7.98. The Kier molecular flexibility index (Phi) is 6.04. The molecule has 0 radical (unpaired) electrons. The Labute approximate surface area is 188 Å². The van der Waals surface area contributed by atoms with E-state index < -0.39 is 11.9 Å². The van der Waals surface area contributed by atoms with Gasteiger partial charge < -0.3 is 20.5 Å². The van der Waals surface area contributed by atoms with E-state index in [0.29, 0.717) is 45.2 Å². The number of carbonyl (C=O) groups is 1. The zero-order valence-electron chi connectivity index (χ0n) is 17.8. The van der Waals surface area contributed by atoms with Gasteiger partial charge in [0, 0.05) is 11.4 Å². The zero-order chi connectivity index (χ0) is 22.8. The van der Waals surface area contributed by atoms with Crippen molar-refractivity contribution >= 4 is 23.6 Å². The summed E-state index contributed by atoms with van der Waals surface area (Å²) in [6.45, 7) is 1.76. The van der Waals surface area contributed by atoms with Crippen LogP contribution >= 0.6 is 11.8 Å². The van der Waals surface area contributed by atoms with E-state index in [1.807, 2.05) is 6.07 Å². The number of amides is 1. The molecule has 2 heterocycles. The third-order valence-electron chi connectivity index (χ3n) is 5.14. The van der Waals surface area contributed by atoms with E-state index in [1.54, 1.807) is 56.2 Å². The van der Waals surface area contributed by atoms with Crippen LogP contribution in [0.1, 0.15) is 24.1 Å². The first-order valence-corrected chi connectivity index (χ1v) is 10.7. The van der Waals surface area contributed by atoms with Crippen LogP contribution in [0.15, 0.2) is 58.9 Å². The first kappa shape index (κ1) is 21.7. The number of anilines is 1. The van der Waals surface area contributed by atoms with Gasteiger partial charge in [-0.3, -0.25) is 4.79 Å². The summed E-state index contributed by atoms with van der Waals surface area (Å²) in [5, 5.41) is 8.13. The second-order valence-electron chi connectivity index (χ2n) is 7.09. The SMILES string of the molecule is COc1ccc([C@@H]2C(C(N)=O)=C(C)Nc3nc(SCc4ccccc4F)nn32)cc1OC. The summed E-state index contributed by atoms with van der Waals surface area (Å²) in [5.74, 6) is 1.05. The number of allylic oxidation sites excluding steroid dienone is 1. The lowest BCUT2D eigenvalue weighted by atomic mass is 9.95. The van der Waals surface area contributed by atoms with Gasteiger partial charge in [0.05, 0.1) is 19.8 Å². The quantitative estimate of drug-likeness (QED) is 0.526. The first-order valence-electron chi connectivity index (χ1n) is 9.75. The molecule has 1 amide bonds. The van der Waals surface area contributed by atoms with Crippen molar-refractivity contribution in [2.45, 2.75) is 23.9 Å². The van der Waals surface area contributed by atoms with Crippen molar-refractivity contribution < 1.29 is 18.7 Å². The number of fused-ring (bicyclic) bond motifs is 1. The lowest BCUT2D eigenvalue weighted by Crippen LogP contribution is -2.31. The minimum atomic E-state index is -0.612. The molecule has 1 aromatic heterocycles. The van der Waals surface area contributed by atoms with Crippen molar-refractivity contribution in [3.63, 3.8) is 0 Å². The number of thioether (sulfide) groups is 1. The highest BCUT2D eigenvalue weighted by Crippen LogP contribution is 2.39. The second kappa shape index (κ2) is 8.91. The molecular formula is C22H22FN5O3S. The molecule has 0 spiro atoms. The predicted octanol–water partition coefficient (Wildman–Crippen LogP) is 3.50. The summed E-state index contributed by atoms with van der Waals surface area (Å²) in [7, 11) is 3.09. The van der Waals surface area contributed by atoms with Gasteiger partial charge in [-0.25, -0.2) is 9.07 Å². The molecule has 1 aliphatic rings. The number of halogens is 1. The average Bonchev–Trinajstić information content (AvgIpc) is 3.19. The molecule has 1 aliphatic heterocycles. The molecule has 32 heavy (non-hydrogen) atoms. The number of carbonyl (C=O) groups excluding carboxylic acids is 1. The number of nitrogens with one attached hydrogen (secondary N) is 1. The van der Waals surface area contributed by atoms with E-state index in [4.69, 9.17) is 15.2 Å². The van der Waals surface area contributed by atoms with Gasteiger partial charge in [-0.05, 0) is 36.2 Å². The fourth-order valence-electron chi connectivity index (χ4n) is 3.60. The van der Waals surface area contributed by atoms with Gasteiger partial charge in [0.25, 0.3) is 0 Å². The molecule has 166 valence electrons. The lowest BCUT2D eigenvalue weighted by Gasteiger charge is -2.28. The van der Waals surface area contributed by atoms with Crippen LogP contribution in [0.25, 0.3) is 0 Å². The van der Waals surface area contributed by atoms with Gasteiger partial charge >= 0.3 is 0 Å². The Morgan fingerprint density at radius 3 is 2.66 bits per heavy atom. The molecule has 1 atom stereocenters. The number of aromatic nitrogens is 3. The summed E-state index contributed by atoms with van der Waals surface area (Å²) < 4.78 is 26.3. The maximum Gasteiger partial charge on any atom is 0.248 e. The number of nitrogens with two attached hydrogens (primary N) is 1.